The Hall–Kier alpha value is -4.64. The van der Waals surface area contributed by atoms with Gasteiger partial charge in [0.15, 0.2) is 0 Å². The number of carbonyl (C=O) groups is 2. The molecule has 0 atom stereocenters. The number of nitrogens with one attached hydrogen (secondary N) is 3. The van der Waals surface area contributed by atoms with Gasteiger partial charge >= 0.3 is 0 Å². The van der Waals surface area contributed by atoms with Crippen LogP contribution in [-0.2, 0) is 4.79 Å². The molecule has 2 amide bonds. The van der Waals surface area contributed by atoms with Gasteiger partial charge in [-0.15, -0.1) is 0 Å². The third kappa shape index (κ3) is 4.38. The Bertz CT molecular complexity index is 1490. The Morgan fingerprint density at radius 1 is 0.758 bits per heavy atom. The van der Waals surface area contributed by atoms with Crippen LogP contribution >= 0.6 is 0 Å². The second kappa shape index (κ2) is 8.85. The summed E-state index contributed by atoms with van der Waals surface area (Å²) in [5.41, 5.74) is 3.02. The molecule has 3 N–H and O–H groups in total. The molecule has 0 unspecified atom stereocenters. The van der Waals surface area contributed by atoms with E-state index in [1.54, 1.807) is 30.3 Å². The molecule has 0 aliphatic rings. The molecule has 0 radical (unpaired) electrons. The second-order valence-corrected chi connectivity index (χ2v) is 7.68. The van der Waals surface area contributed by atoms with Crippen LogP contribution in [0.4, 0.5) is 5.69 Å². The number of H-pyrrole nitrogens is 1. The van der Waals surface area contributed by atoms with Crippen molar-refractivity contribution in [3.63, 3.8) is 0 Å². The van der Waals surface area contributed by atoms with E-state index in [-0.39, 0.29) is 11.6 Å². The van der Waals surface area contributed by atoms with Crippen LogP contribution in [-0.4, -0.2) is 16.8 Å². The average molecular weight is 431 g/mol. The number of aromatic nitrogens is 1. The lowest BCUT2D eigenvalue weighted by atomic mass is 10.0. The zero-order chi connectivity index (χ0) is 22.6. The Morgan fingerprint density at radius 3 is 2.42 bits per heavy atom. The smallest absolute Gasteiger partial charge is 0.272 e. The van der Waals surface area contributed by atoms with E-state index in [1.165, 1.54) is 0 Å². The first-order valence-corrected chi connectivity index (χ1v) is 10.6. The average Bonchev–Trinajstić information content (AvgIpc) is 3.32. The minimum Gasteiger partial charge on any atom is -0.361 e. The van der Waals surface area contributed by atoms with Crippen molar-refractivity contribution < 1.29 is 9.59 Å². The van der Waals surface area contributed by atoms with Gasteiger partial charge < -0.3 is 15.6 Å². The molecule has 1 aromatic heterocycles. The molecule has 1 heterocycles. The first-order valence-electron chi connectivity index (χ1n) is 10.6. The number of carbonyl (C=O) groups excluding carboxylic acids is 2. The van der Waals surface area contributed by atoms with Gasteiger partial charge in [0.25, 0.3) is 11.8 Å². The lowest BCUT2D eigenvalue weighted by Gasteiger charge is -2.12. The number of hydrogen-bond acceptors (Lipinski definition) is 2. The fourth-order valence-electron chi connectivity index (χ4n) is 3.80. The SMILES string of the molecule is O=C(Nc1ccc2cc[nH]c2c1)/C(=C\c1cccc2ccccc12)NC(=O)c1ccccc1. The molecule has 5 heteroatoms. The summed E-state index contributed by atoms with van der Waals surface area (Å²) in [6.07, 6.45) is 3.56. The van der Waals surface area contributed by atoms with E-state index in [1.807, 2.05) is 79.0 Å². The molecule has 4 aromatic carbocycles. The number of hydrogen-bond donors (Lipinski definition) is 3. The zero-order valence-corrected chi connectivity index (χ0v) is 17.7. The van der Waals surface area contributed by atoms with Gasteiger partial charge in [-0.3, -0.25) is 9.59 Å². The summed E-state index contributed by atoms with van der Waals surface area (Å²) >= 11 is 0. The summed E-state index contributed by atoms with van der Waals surface area (Å²) in [7, 11) is 0. The maximum absolute atomic E-state index is 13.3. The van der Waals surface area contributed by atoms with Gasteiger partial charge in [-0.2, -0.15) is 0 Å². The minimum atomic E-state index is -0.405. The molecular weight excluding hydrogens is 410 g/mol. The van der Waals surface area contributed by atoms with Crippen LogP contribution in [0.1, 0.15) is 15.9 Å². The summed E-state index contributed by atoms with van der Waals surface area (Å²) in [5, 5.41) is 8.81. The highest BCUT2D eigenvalue weighted by atomic mass is 16.2. The van der Waals surface area contributed by atoms with E-state index in [2.05, 4.69) is 15.6 Å². The molecule has 160 valence electrons. The summed E-state index contributed by atoms with van der Waals surface area (Å²) in [5.74, 6) is -0.754. The number of benzene rings is 4. The number of anilines is 1. The van der Waals surface area contributed by atoms with Crippen molar-refractivity contribution in [2.24, 2.45) is 0 Å². The summed E-state index contributed by atoms with van der Waals surface area (Å²) in [4.78, 5) is 29.3. The number of aromatic amines is 1. The summed E-state index contributed by atoms with van der Waals surface area (Å²) in [6.45, 7) is 0. The predicted molar refractivity (Wildman–Crippen MR) is 133 cm³/mol. The molecule has 5 nitrogen and oxygen atoms in total. The third-order valence-electron chi connectivity index (χ3n) is 5.46. The van der Waals surface area contributed by atoms with E-state index >= 15 is 0 Å². The van der Waals surface area contributed by atoms with Gasteiger partial charge in [0.1, 0.15) is 5.70 Å². The van der Waals surface area contributed by atoms with Crippen molar-refractivity contribution in [2.45, 2.75) is 0 Å². The quantitative estimate of drug-likeness (QED) is 0.311. The Kier molecular flexibility index (Phi) is 5.43. The Morgan fingerprint density at radius 2 is 1.55 bits per heavy atom. The zero-order valence-electron chi connectivity index (χ0n) is 17.7. The van der Waals surface area contributed by atoms with Crippen LogP contribution < -0.4 is 10.6 Å². The van der Waals surface area contributed by atoms with Gasteiger partial charge in [-0.25, -0.2) is 0 Å². The minimum absolute atomic E-state index is 0.159. The van der Waals surface area contributed by atoms with Crippen molar-refractivity contribution in [1.82, 2.24) is 10.3 Å². The molecule has 5 aromatic rings. The number of fused-ring (bicyclic) bond motifs is 2. The van der Waals surface area contributed by atoms with E-state index in [0.29, 0.717) is 11.3 Å². The van der Waals surface area contributed by atoms with E-state index in [9.17, 15) is 9.59 Å². The van der Waals surface area contributed by atoms with Gasteiger partial charge in [0, 0.05) is 23.0 Å². The molecule has 0 aliphatic heterocycles. The van der Waals surface area contributed by atoms with Crippen LogP contribution in [0.3, 0.4) is 0 Å². The molecule has 0 spiro atoms. The summed E-state index contributed by atoms with van der Waals surface area (Å²) < 4.78 is 0. The lowest BCUT2D eigenvalue weighted by Crippen LogP contribution is -2.30. The largest absolute Gasteiger partial charge is 0.361 e. The fourth-order valence-corrected chi connectivity index (χ4v) is 3.80. The van der Waals surface area contributed by atoms with Crippen LogP contribution in [0.25, 0.3) is 27.8 Å². The monoisotopic (exact) mass is 431 g/mol. The number of amides is 2. The Labute approximate surface area is 190 Å². The van der Waals surface area contributed by atoms with Crippen LogP contribution in [0.15, 0.2) is 109 Å². The number of rotatable bonds is 5. The maximum Gasteiger partial charge on any atom is 0.272 e. The molecule has 0 aliphatic carbocycles. The first kappa shape index (κ1) is 20.3. The highest BCUT2D eigenvalue weighted by molar-refractivity contribution is 6.12. The van der Waals surface area contributed by atoms with Crippen LogP contribution in [0.5, 0.6) is 0 Å². The molecule has 0 saturated carbocycles. The molecule has 0 fully saturated rings. The van der Waals surface area contributed by atoms with E-state index in [4.69, 9.17) is 0 Å². The van der Waals surface area contributed by atoms with E-state index < -0.39 is 5.91 Å². The molecule has 5 rings (SSSR count). The molecule has 0 saturated heterocycles. The fraction of sp³-hybridized carbons (Fsp3) is 0. The first-order chi connectivity index (χ1) is 16.2. The van der Waals surface area contributed by atoms with Gasteiger partial charge in [0.2, 0.25) is 0 Å². The van der Waals surface area contributed by atoms with Gasteiger partial charge in [0.05, 0.1) is 0 Å². The van der Waals surface area contributed by atoms with Crippen molar-refractivity contribution in [2.75, 3.05) is 5.32 Å². The van der Waals surface area contributed by atoms with Crippen molar-refractivity contribution in [1.29, 1.82) is 0 Å². The summed E-state index contributed by atoms with van der Waals surface area (Å²) in [6, 6.07) is 30.2. The maximum atomic E-state index is 13.3. The highest BCUT2D eigenvalue weighted by Gasteiger charge is 2.16. The van der Waals surface area contributed by atoms with Crippen LogP contribution in [0.2, 0.25) is 0 Å². The lowest BCUT2D eigenvalue weighted by molar-refractivity contribution is -0.113. The second-order valence-electron chi connectivity index (χ2n) is 7.68. The normalized spacial score (nSPS) is 11.5. The molecule has 33 heavy (non-hydrogen) atoms. The van der Waals surface area contributed by atoms with Crippen molar-refractivity contribution in [3.8, 4) is 0 Å². The standard InChI is InChI=1S/C28H21N3O2/c32-27(21-8-2-1-3-9-21)31-26(17-22-11-6-10-19-7-4-5-12-24(19)22)28(33)30-23-14-13-20-15-16-29-25(20)18-23/h1-18,29H,(H,30,33)(H,31,32)/b26-17+. The van der Waals surface area contributed by atoms with Gasteiger partial charge in [-0.1, -0.05) is 66.7 Å². The topological polar surface area (TPSA) is 74.0 Å². The van der Waals surface area contributed by atoms with Crippen molar-refractivity contribution >= 4 is 45.3 Å². The van der Waals surface area contributed by atoms with Gasteiger partial charge in [-0.05, 0) is 58.1 Å². The highest BCUT2D eigenvalue weighted by Crippen LogP contribution is 2.22. The van der Waals surface area contributed by atoms with E-state index in [0.717, 1.165) is 27.2 Å². The van der Waals surface area contributed by atoms with Crippen molar-refractivity contribution in [3.05, 3.63) is 120 Å². The predicted octanol–water partition coefficient (Wildman–Crippen LogP) is 5.73. The Balaban J connectivity index is 1.51. The molecule has 0 bridgehead atoms. The third-order valence-corrected chi connectivity index (χ3v) is 5.46. The molecular formula is C28H21N3O2. The van der Waals surface area contributed by atoms with Crippen LogP contribution in [0, 0.1) is 0 Å².